The number of nitrogens with zero attached hydrogens (tertiary/aromatic N) is 3. The van der Waals surface area contributed by atoms with Gasteiger partial charge in [0, 0.05) is 53.2 Å². The first-order valence-electron chi connectivity index (χ1n) is 14.2. The number of hydrogen-bond donors (Lipinski definition) is 1. The Labute approximate surface area is 252 Å². The number of anilines is 1. The first-order valence-corrected chi connectivity index (χ1v) is 15.5. The van der Waals surface area contributed by atoms with Crippen LogP contribution in [0.2, 0.25) is 0 Å². The molecule has 3 aliphatic rings. The number of hydrogen-bond acceptors (Lipinski definition) is 7. The van der Waals surface area contributed by atoms with E-state index < -0.39 is 4.92 Å². The molecule has 0 radical (unpaired) electrons. The third-order valence-corrected chi connectivity index (χ3v) is 11.0. The molecular formula is C31H31ClN4O5S. The third-order valence-electron chi connectivity index (χ3n) is 8.91. The normalized spacial score (nSPS) is 26.6. The molecule has 218 valence electrons. The summed E-state index contributed by atoms with van der Waals surface area (Å²) < 4.78 is 0. The standard InChI is InChI=1S/C31H31ClN4O5S/c1-18-7-4-5-14-34(18)31(37)20-12-13-24-22(16-20)28-23(30(33-24)19-8-6-9-21(15-19)35(38)39)17-27(29(28)32)42-26-11-3-2-10-25(26)36(40)41/h2-3,6,8-13,15-16,18,23,27-30,33H,4-5,7,14,17H2,1H3/t18-,23-,27-,28+,29-,30-/m1/s1. The van der Waals surface area contributed by atoms with Gasteiger partial charge in [-0.3, -0.25) is 25.0 Å². The second-order valence-electron chi connectivity index (χ2n) is 11.4. The van der Waals surface area contributed by atoms with E-state index in [0.717, 1.165) is 42.6 Å². The second kappa shape index (κ2) is 11.6. The summed E-state index contributed by atoms with van der Waals surface area (Å²) in [6.45, 7) is 2.83. The number of halogens is 1. The first-order chi connectivity index (χ1) is 20.2. The molecule has 1 N–H and O–H groups in total. The number of nitro groups is 2. The lowest BCUT2D eigenvalue weighted by Crippen LogP contribution is -2.42. The lowest BCUT2D eigenvalue weighted by atomic mass is 9.76. The van der Waals surface area contributed by atoms with Gasteiger partial charge in [0.1, 0.15) is 0 Å². The largest absolute Gasteiger partial charge is 0.378 e. The van der Waals surface area contributed by atoms with Gasteiger partial charge in [0.05, 0.1) is 26.2 Å². The minimum absolute atomic E-state index is 0.0114. The molecule has 6 rings (SSSR count). The fourth-order valence-corrected chi connectivity index (χ4v) is 8.79. The Bertz CT molecular complexity index is 1550. The number of amides is 1. The Morgan fingerprint density at radius 2 is 1.83 bits per heavy atom. The summed E-state index contributed by atoms with van der Waals surface area (Å²) in [5, 5.41) is 26.4. The molecule has 9 nitrogen and oxygen atoms in total. The summed E-state index contributed by atoms with van der Waals surface area (Å²) in [5.74, 6) is -0.210. The van der Waals surface area contributed by atoms with Gasteiger partial charge in [-0.2, -0.15) is 0 Å². The zero-order valence-corrected chi connectivity index (χ0v) is 24.6. The lowest BCUT2D eigenvalue weighted by molar-refractivity contribution is -0.387. The van der Waals surface area contributed by atoms with Crippen molar-refractivity contribution >= 4 is 46.3 Å². The minimum Gasteiger partial charge on any atom is -0.378 e. The van der Waals surface area contributed by atoms with Gasteiger partial charge in [-0.1, -0.05) is 24.3 Å². The fourth-order valence-electron chi connectivity index (χ4n) is 6.85. The number of rotatable bonds is 6. The molecule has 1 amide bonds. The van der Waals surface area contributed by atoms with Crippen molar-refractivity contribution < 1.29 is 14.6 Å². The number of para-hydroxylation sites is 1. The summed E-state index contributed by atoms with van der Waals surface area (Å²) in [6, 6.07) is 19.0. The van der Waals surface area contributed by atoms with E-state index in [4.69, 9.17) is 11.6 Å². The van der Waals surface area contributed by atoms with Crippen molar-refractivity contribution in [2.24, 2.45) is 5.92 Å². The van der Waals surface area contributed by atoms with Crippen molar-refractivity contribution in [3.05, 3.63) is 104 Å². The van der Waals surface area contributed by atoms with Crippen LogP contribution in [-0.4, -0.2) is 43.9 Å². The van der Waals surface area contributed by atoms with Gasteiger partial charge in [-0.05, 0) is 73.9 Å². The van der Waals surface area contributed by atoms with E-state index in [2.05, 4.69) is 12.2 Å². The number of likely N-dealkylation sites (tertiary alicyclic amines) is 1. The van der Waals surface area contributed by atoms with Crippen molar-refractivity contribution in [3.63, 3.8) is 0 Å². The molecule has 1 saturated carbocycles. The number of non-ortho nitro benzene ring substituents is 1. The molecule has 3 aromatic carbocycles. The molecule has 1 aliphatic carbocycles. The van der Waals surface area contributed by atoms with Crippen LogP contribution in [0.4, 0.5) is 17.1 Å². The summed E-state index contributed by atoms with van der Waals surface area (Å²) >= 11 is 8.69. The lowest BCUT2D eigenvalue weighted by Gasteiger charge is -2.39. The van der Waals surface area contributed by atoms with Crippen LogP contribution < -0.4 is 5.32 Å². The van der Waals surface area contributed by atoms with E-state index in [9.17, 15) is 25.0 Å². The quantitative estimate of drug-likeness (QED) is 0.175. The Morgan fingerprint density at radius 1 is 1.02 bits per heavy atom. The number of nitro benzene ring substituents is 2. The van der Waals surface area contributed by atoms with E-state index >= 15 is 0 Å². The van der Waals surface area contributed by atoms with Gasteiger partial charge < -0.3 is 10.2 Å². The molecule has 6 atom stereocenters. The Balaban J connectivity index is 1.39. The summed E-state index contributed by atoms with van der Waals surface area (Å²) in [6.07, 6.45) is 3.74. The number of piperidine rings is 1. The fraction of sp³-hybridized carbons (Fsp3) is 0.387. The van der Waals surface area contributed by atoms with Crippen molar-refractivity contribution in [3.8, 4) is 0 Å². The van der Waals surface area contributed by atoms with E-state index in [0.29, 0.717) is 16.9 Å². The van der Waals surface area contributed by atoms with Crippen molar-refractivity contribution in [2.45, 2.75) is 66.1 Å². The molecule has 2 fully saturated rings. The zero-order chi connectivity index (χ0) is 29.5. The monoisotopic (exact) mass is 606 g/mol. The molecule has 42 heavy (non-hydrogen) atoms. The smallest absolute Gasteiger partial charge is 0.282 e. The van der Waals surface area contributed by atoms with Gasteiger partial charge in [0.25, 0.3) is 17.3 Å². The van der Waals surface area contributed by atoms with Crippen LogP contribution in [0.1, 0.15) is 66.1 Å². The highest BCUT2D eigenvalue weighted by Crippen LogP contribution is 2.58. The van der Waals surface area contributed by atoms with Gasteiger partial charge in [-0.15, -0.1) is 23.4 Å². The van der Waals surface area contributed by atoms with Gasteiger partial charge in [0.15, 0.2) is 0 Å². The van der Waals surface area contributed by atoms with E-state index in [1.165, 1.54) is 23.9 Å². The summed E-state index contributed by atoms with van der Waals surface area (Å²) in [7, 11) is 0. The number of alkyl halides is 1. The molecule has 3 aromatic rings. The van der Waals surface area contributed by atoms with Gasteiger partial charge in [0.2, 0.25) is 0 Å². The maximum atomic E-state index is 13.6. The number of thioether (sulfide) groups is 1. The Kier molecular flexibility index (Phi) is 7.85. The topological polar surface area (TPSA) is 119 Å². The Hall–Kier alpha value is -3.63. The predicted molar refractivity (Wildman–Crippen MR) is 163 cm³/mol. The highest BCUT2D eigenvalue weighted by molar-refractivity contribution is 8.00. The third kappa shape index (κ3) is 5.22. The van der Waals surface area contributed by atoms with Crippen molar-refractivity contribution in [1.82, 2.24) is 4.90 Å². The summed E-state index contributed by atoms with van der Waals surface area (Å²) in [5.41, 5.74) is 3.25. The number of carbonyl (C=O) groups is 1. The number of nitrogens with one attached hydrogen (secondary N) is 1. The van der Waals surface area contributed by atoms with E-state index in [1.54, 1.807) is 30.3 Å². The van der Waals surface area contributed by atoms with Crippen molar-refractivity contribution in [2.75, 3.05) is 11.9 Å². The molecule has 0 bridgehead atoms. The minimum atomic E-state index is -0.399. The van der Waals surface area contributed by atoms with Crippen molar-refractivity contribution in [1.29, 1.82) is 0 Å². The molecule has 0 aromatic heterocycles. The van der Waals surface area contributed by atoms with Gasteiger partial charge >= 0.3 is 0 Å². The molecule has 2 heterocycles. The highest BCUT2D eigenvalue weighted by atomic mass is 35.5. The van der Waals surface area contributed by atoms with E-state index in [1.807, 2.05) is 29.2 Å². The molecule has 0 spiro atoms. The van der Waals surface area contributed by atoms with Crippen LogP contribution in [0.3, 0.4) is 0 Å². The van der Waals surface area contributed by atoms with Crippen LogP contribution >= 0.6 is 23.4 Å². The van der Waals surface area contributed by atoms with E-state index in [-0.39, 0.29) is 56.8 Å². The maximum absolute atomic E-state index is 13.6. The SMILES string of the molecule is C[C@@H]1CCCCN1C(=O)c1ccc2c(c1)[C@@H]1[C@H](Cl)[C@H](Sc3ccccc3[N+](=O)[O-])C[C@H]1[C@@H](c1cccc([N+](=O)[O-])c1)N2. The Morgan fingerprint density at radius 3 is 2.60 bits per heavy atom. The van der Waals surface area contributed by atoms with Crippen LogP contribution in [0.25, 0.3) is 0 Å². The molecule has 0 unspecified atom stereocenters. The molecule has 1 saturated heterocycles. The number of carbonyl (C=O) groups excluding carboxylic acids is 1. The molecule has 11 heteroatoms. The number of benzene rings is 3. The molecule has 2 aliphatic heterocycles. The average molecular weight is 607 g/mol. The average Bonchev–Trinajstić information content (AvgIpc) is 3.32. The van der Waals surface area contributed by atoms with Crippen LogP contribution in [0, 0.1) is 26.1 Å². The maximum Gasteiger partial charge on any atom is 0.282 e. The number of fused-ring (bicyclic) bond motifs is 3. The van der Waals surface area contributed by atoms with Gasteiger partial charge in [-0.25, -0.2) is 0 Å². The molecular weight excluding hydrogens is 576 g/mol. The predicted octanol–water partition coefficient (Wildman–Crippen LogP) is 7.56. The van der Waals surface area contributed by atoms with Crippen LogP contribution in [0.15, 0.2) is 71.6 Å². The summed E-state index contributed by atoms with van der Waals surface area (Å²) in [4.78, 5) is 38.6. The zero-order valence-electron chi connectivity index (χ0n) is 23.0. The van der Waals surface area contributed by atoms with Crippen LogP contribution in [-0.2, 0) is 0 Å². The highest BCUT2D eigenvalue weighted by Gasteiger charge is 2.50. The first kappa shape index (κ1) is 28.5. The second-order valence-corrected chi connectivity index (χ2v) is 13.2. The van der Waals surface area contributed by atoms with Crippen LogP contribution in [0.5, 0.6) is 0 Å².